The molecule has 4 aromatic rings. The van der Waals surface area contributed by atoms with Crippen molar-refractivity contribution in [2.45, 2.75) is 62.2 Å². The van der Waals surface area contributed by atoms with Crippen molar-refractivity contribution < 1.29 is 27.6 Å². The van der Waals surface area contributed by atoms with Crippen LogP contribution >= 0.6 is 23.1 Å². The molecular weight excluding hydrogens is 664 g/mol. The average molecular weight is 698 g/mol. The number of nitrogens with one attached hydrogen (secondary N) is 1. The Hall–Kier alpha value is -4.24. The van der Waals surface area contributed by atoms with Gasteiger partial charge in [0.1, 0.15) is 11.7 Å². The number of aliphatic imine (C=N–C) groups is 1. The summed E-state index contributed by atoms with van der Waals surface area (Å²) >= 11 is 2.80. The summed E-state index contributed by atoms with van der Waals surface area (Å²) in [6, 6.07) is 13.3. The molecule has 4 atom stereocenters. The van der Waals surface area contributed by atoms with Crippen LogP contribution in [0.15, 0.2) is 59.6 Å². The van der Waals surface area contributed by atoms with Crippen molar-refractivity contribution >= 4 is 67.8 Å². The summed E-state index contributed by atoms with van der Waals surface area (Å²) in [6.07, 6.45) is -2.40. The van der Waals surface area contributed by atoms with Crippen LogP contribution in [0.1, 0.15) is 53.7 Å². The molecule has 48 heavy (non-hydrogen) atoms. The standard InChI is InChI=1S/C33H34F3N7O3S2/c1-32-16-19(13-18-8-10-21-20(14-18)9-11-26(40-21)33(34,35)36)15-27(44)43(32)24(17-47-32)29(46)41-23(6-4-12-39-31(37)38)28(45)30-42-22-5-2-3-7-25(22)48-30/h2-3,5,7-11,14,19,23-24H,4,6,12-13,15-17H2,1H3,(H,41,46)(H4,37,38,39)/t19-,23-,24-,32-/m0/s1. The molecule has 0 aliphatic carbocycles. The summed E-state index contributed by atoms with van der Waals surface area (Å²) in [7, 11) is 0. The lowest BCUT2D eigenvalue weighted by molar-refractivity contribution is -0.146. The maximum absolute atomic E-state index is 13.8. The maximum atomic E-state index is 13.8. The molecule has 2 aromatic carbocycles. The summed E-state index contributed by atoms with van der Waals surface area (Å²) in [4.78, 5) is 54.4. The van der Waals surface area contributed by atoms with Gasteiger partial charge in [-0.15, -0.1) is 23.1 Å². The lowest BCUT2D eigenvalue weighted by Gasteiger charge is -2.44. The van der Waals surface area contributed by atoms with Crippen LogP contribution < -0.4 is 16.8 Å². The van der Waals surface area contributed by atoms with E-state index in [0.717, 1.165) is 16.3 Å². The Kier molecular flexibility index (Phi) is 9.35. The van der Waals surface area contributed by atoms with Crippen LogP contribution in [0.5, 0.6) is 0 Å². The maximum Gasteiger partial charge on any atom is 0.433 e. The molecule has 0 spiro atoms. The molecule has 4 heterocycles. The highest BCUT2D eigenvalue weighted by Crippen LogP contribution is 2.48. The summed E-state index contributed by atoms with van der Waals surface area (Å²) in [5.41, 5.74) is 11.8. The fourth-order valence-electron chi connectivity index (χ4n) is 6.58. The predicted molar refractivity (Wildman–Crippen MR) is 180 cm³/mol. The molecule has 2 saturated heterocycles. The number of para-hydroxylation sites is 1. The molecule has 6 rings (SSSR count). The molecular formula is C33H34F3N7O3S2. The number of benzene rings is 2. The number of carbonyl (C=O) groups excluding carboxylic acids is 3. The smallest absolute Gasteiger partial charge is 0.370 e. The van der Waals surface area contributed by atoms with E-state index < -0.39 is 34.7 Å². The lowest BCUT2D eigenvalue weighted by atomic mass is 9.85. The number of piperidine rings is 1. The number of hydrogen-bond acceptors (Lipinski definition) is 8. The SMILES string of the molecule is C[C@]12C[C@@H](Cc3ccc4nc(C(F)(F)F)ccc4c3)CC(=O)N1[C@H](C(=O)N[C@@H](CCCN=C(N)N)C(=O)c1nc3ccccc3s1)CS2. The first-order valence-electron chi connectivity index (χ1n) is 15.5. The minimum Gasteiger partial charge on any atom is -0.370 e. The van der Waals surface area contributed by atoms with Gasteiger partial charge in [0.05, 0.1) is 26.6 Å². The van der Waals surface area contributed by atoms with E-state index in [1.807, 2.05) is 37.3 Å². The number of Topliss-reactive ketones (excluding diaryl/α,β-unsaturated/α-hetero) is 1. The number of nitrogens with two attached hydrogens (primary N) is 2. The minimum atomic E-state index is -4.52. The number of rotatable bonds is 10. The molecule has 2 aliphatic rings. The molecule has 0 saturated carbocycles. The molecule has 2 aliphatic heterocycles. The third-order valence-corrected chi connectivity index (χ3v) is 11.2. The largest absolute Gasteiger partial charge is 0.433 e. The molecule has 2 amide bonds. The monoisotopic (exact) mass is 697 g/mol. The Morgan fingerprint density at radius 3 is 2.67 bits per heavy atom. The van der Waals surface area contributed by atoms with Crippen molar-refractivity contribution in [2.75, 3.05) is 12.3 Å². The van der Waals surface area contributed by atoms with E-state index >= 15 is 0 Å². The molecule has 2 fully saturated rings. The zero-order valence-electron chi connectivity index (χ0n) is 26.0. The Bertz CT molecular complexity index is 1880. The number of fused-ring (bicyclic) bond motifs is 3. The molecule has 0 unspecified atom stereocenters. The first kappa shape index (κ1) is 33.7. The van der Waals surface area contributed by atoms with Gasteiger partial charge >= 0.3 is 6.18 Å². The van der Waals surface area contributed by atoms with Crippen LogP contribution in [0.3, 0.4) is 0 Å². The number of amides is 2. The Balaban J connectivity index is 1.14. The number of aromatic nitrogens is 2. The minimum absolute atomic E-state index is 0.0307. The number of hydrogen-bond donors (Lipinski definition) is 3. The van der Waals surface area contributed by atoms with Gasteiger partial charge in [0.15, 0.2) is 11.0 Å². The van der Waals surface area contributed by atoms with Crippen molar-refractivity contribution in [1.29, 1.82) is 0 Å². The summed E-state index contributed by atoms with van der Waals surface area (Å²) in [5.74, 6) is -0.586. The van der Waals surface area contributed by atoms with Crippen LogP contribution in [-0.2, 0) is 22.2 Å². The number of halogens is 3. The third kappa shape index (κ3) is 7.11. The molecule has 15 heteroatoms. The summed E-state index contributed by atoms with van der Waals surface area (Å²) < 4.78 is 40.2. The topological polar surface area (TPSA) is 157 Å². The number of alkyl halides is 3. The first-order chi connectivity index (χ1) is 22.8. The number of ketones is 1. The lowest BCUT2D eigenvalue weighted by Crippen LogP contribution is -2.58. The average Bonchev–Trinajstić information content (AvgIpc) is 3.63. The number of carbonyl (C=O) groups is 3. The second kappa shape index (κ2) is 13.3. The van der Waals surface area contributed by atoms with Crippen LogP contribution in [0.2, 0.25) is 0 Å². The Morgan fingerprint density at radius 2 is 1.92 bits per heavy atom. The van der Waals surface area contributed by atoms with E-state index in [9.17, 15) is 27.6 Å². The Labute approximate surface area is 282 Å². The van der Waals surface area contributed by atoms with Crippen LogP contribution in [-0.4, -0.2) is 67.7 Å². The molecule has 2 aromatic heterocycles. The molecule has 252 valence electrons. The van der Waals surface area contributed by atoms with Gasteiger partial charge in [-0.3, -0.25) is 19.4 Å². The highest BCUT2D eigenvalue weighted by molar-refractivity contribution is 8.00. The Morgan fingerprint density at radius 1 is 1.12 bits per heavy atom. The summed E-state index contributed by atoms with van der Waals surface area (Å²) in [5, 5.41) is 3.81. The van der Waals surface area contributed by atoms with Crippen LogP contribution in [0.4, 0.5) is 13.2 Å². The van der Waals surface area contributed by atoms with Gasteiger partial charge in [0, 0.05) is 24.1 Å². The van der Waals surface area contributed by atoms with E-state index in [0.29, 0.717) is 35.9 Å². The van der Waals surface area contributed by atoms with E-state index in [1.54, 1.807) is 17.0 Å². The molecule has 0 bridgehead atoms. The first-order valence-corrected chi connectivity index (χ1v) is 17.3. The molecule has 10 nitrogen and oxygen atoms in total. The molecule has 0 radical (unpaired) electrons. The number of thioether (sulfide) groups is 1. The van der Waals surface area contributed by atoms with E-state index in [-0.39, 0.29) is 53.5 Å². The van der Waals surface area contributed by atoms with Crippen molar-refractivity contribution in [3.05, 3.63) is 70.9 Å². The number of pyridine rings is 1. The van der Waals surface area contributed by atoms with Crippen molar-refractivity contribution in [3.63, 3.8) is 0 Å². The predicted octanol–water partition coefficient (Wildman–Crippen LogP) is 4.90. The van der Waals surface area contributed by atoms with Crippen LogP contribution in [0.25, 0.3) is 21.1 Å². The quantitative estimate of drug-likeness (QED) is 0.0915. The second-order valence-electron chi connectivity index (χ2n) is 12.3. The summed E-state index contributed by atoms with van der Waals surface area (Å²) in [6.45, 7) is 2.24. The van der Waals surface area contributed by atoms with Crippen molar-refractivity contribution in [3.8, 4) is 0 Å². The normalized spacial score (nSPS) is 21.7. The van der Waals surface area contributed by atoms with Gasteiger partial charge in [0.2, 0.25) is 17.6 Å². The van der Waals surface area contributed by atoms with E-state index in [1.165, 1.54) is 29.2 Å². The van der Waals surface area contributed by atoms with Crippen molar-refractivity contribution in [2.24, 2.45) is 22.4 Å². The van der Waals surface area contributed by atoms with Crippen LogP contribution in [0, 0.1) is 5.92 Å². The molecule has 5 N–H and O–H groups in total. The van der Waals surface area contributed by atoms with Gasteiger partial charge in [-0.2, -0.15) is 13.2 Å². The van der Waals surface area contributed by atoms with Crippen molar-refractivity contribution in [1.82, 2.24) is 20.2 Å². The highest BCUT2D eigenvalue weighted by Gasteiger charge is 2.53. The fourth-order valence-corrected chi connectivity index (χ4v) is 9.08. The van der Waals surface area contributed by atoms with Gasteiger partial charge in [-0.1, -0.05) is 24.3 Å². The van der Waals surface area contributed by atoms with Gasteiger partial charge < -0.3 is 21.7 Å². The van der Waals surface area contributed by atoms with E-state index in [4.69, 9.17) is 11.5 Å². The van der Waals surface area contributed by atoms with Gasteiger partial charge in [-0.05, 0) is 74.4 Å². The zero-order valence-corrected chi connectivity index (χ0v) is 27.6. The second-order valence-corrected chi connectivity index (χ2v) is 14.9. The number of guanidine groups is 1. The number of thiazole rings is 1. The third-order valence-electron chi connectivity index (χ3n) is 8.73. The zero-order chi connectivity index (χ0) is 34.2. The van der Waals surface area contributed by atoms with E-state index in [2.05, 4.69) is 20.3 Å². The highest BCUT2D eigenvalue weighted by atomic mass is 32.2. The van der Waals surface area contributed by atoms with Gasteiger partial charge in [0.25, 0.3) is 0 Å². The van der Waals surface area contributed by atoms with Gasteiger partial charge in [-0.25, -0.2) is 9.97 Å². The fraction of sp³-hybridized carbons (Fsp3) is 0.394. The number of nitrogens with zero attached hydrogens (tertiary/aromatic N) is 4.